The van der Waals surface area contributed by atoms with Crippen LogP contribution in [0.3, 0.4) is 0 Å². The van der Waals surface area contributed by atoms with Gasteiger partial charge in [0.2, 0.25) is 6.29 Å². The molecule has 9 nitrogen and oxygen atoms in total. The number of hydrogen-bond acceptors (Lipinski definition) is 8. The van der Waals surface area contributed by atoms with Crippen molar-refractivity contribution >= 4 is 11.9 Å². The third kappa shape index (κ3) is 5.10. The maximum atomic E-state index is 13.6. The quantitative estimate of drug-likeness (QED) is 0.305. The van der Waals surface area contributed by atoms with Crippen LogP contribution < -0.4 is 0 Å². The Morgan fingerprint density at radius 3 is 2.52 bits per heavy atom. The van der Waals surface area contributed by atoms with Gasteiger partial charge in [0, 0.05) is 31.3 Å². The van der Waals surface area contributed by atoms with Gasteiger partial charge in [0.05, 0.1) is 24.4 Å². The highest BCUT2D eigenvalue weighted by molar-refractivity contribution is 5.80. The molecule has 1 aromatic rings. The summed E-state index contributed by atoms with van der Waals surface area (Å²) in [7, 11) is 0. The third-order valence-electron chi connectivity index (χ3n) is 15.9. The first-order valence-corrected chi connectivity index (χ1v) is 19.9. The van der Waals surface area contributed by atoms with Crippen LogP contribution >= 0.6 is 0 Å². The molecule has 11 atom stereocenters. The summed E-state index contributed by atoms with van der Waals surface area (Å²) in [6, 6.07) is 10.1. The van der Waals surface area contributed by atoms with E-state index in [4.69, 9.17) is 18.9 Å². The van der Waals surface area contributed by atoms with Gasteiger partial charge in [0.1, 0.15) is 12.2 Å². The van der Waals surface area contributed by atoms with Gasteiger partial charge in [-0.05, 0) is 110 Å². The summed E-state index contributed by atoms with van der Waals surface area (Å²) in [5, 5.41) is 23.6. The minimum Gasteiger partial charge on any atom is -0.456 e. The first-order chi connectivity index (χ1) is 24.4. The molecule has 7 fully saturated rings. The molecule has 5 saturated carbocycles. The number of esters is 1. The summed E-state index contributed by atoms with van der Waals surface area (Å²) in [5.74, 6) is 1.63. The summed E-state index contributed by atoms with van der Waals surface area (Å²) in [6.07, 6.45) is 6.31. The predicted molar refractivity (Wildman–Crippen MR) is 193 cm³/mol. The molecule has 2 heterocycles. The van der Waals surface area contributed by atoms with E-state index in [1.54, 1.807) is 13.8 Å². The molecular weight excluding hydrogens is 658 g/mol. The zero-order valence-corrected chi connectivity index (χ0v) is 32.5. The van der Waals surface area contributed by atoms with Gasteiger partial charge in [-0.15, -0.1) is 0 Å². The van der Waals surface area contributed by atoms with Crippen LogP contribution in [0.25, 0.3) is 0 Å². The SMILES string of the molecule is CC(=O)O[C@@H]([C]1C[C@@H](C)[C@H]2[C](O1)[C@H](O)[C@@]1(C)[C]3CC[C@H]4C(C)(C)C(OC5OCCN(Cc6ccccc6)C5=O)CC[C@@]45C[C@@]35CC[C@]21C)C(C)(C)O. The van der Waals surface area contributed by atoms with Crippen LogP contribution in [0.15, 0.2) is 30.3 Å². The minimum atomic E-state index is -1.33. The fraction of sp³-hybridized carbons (Fsp3) is 0.744. The Balaban J connectivity index is 1.01. The van der Waals surface area contributed by atoms with E-state index >= 15 is 0 Å². The number of aliphatic hydroxyl groups excluding tert-OH is 1. The zero-order chi connectivity index (χ0) is 37.2. The van der Waals surface area contributed by atoms with E-state index in [1.807, 2.05) is 23.1 Å². The Morgan fingerprint density at radius 2 is 1.83 bits per heavy atom. The Hall–Kier alpha value is -2.04. The number of morpholine rings is 1. The van der Waals surface area contributed by atoms with E-state index < -0.39 is 35.5 Å². The van der Waals surface area contributed by atoms with Crippen LogP contribution in [-0.4, -0.2) is 70.3 Å². The Bertz CT molecular complexity index is 1560. The van der Waals surface area contributed by atoms with Crippen LogP contribution in [0, 0.1) is 63.0 Å². The van der Waals surface area contributed by atoms with Crippen LogP contribution in [-0.2, 0) is 35.1 Å². The van der Waals surface area contributed by atoms with Crippen LogP contribution in [0.2, 0.25) is 0 Å². The molecule has 7 aliphatic rings. The van der Waals surface area contributed by atoms with Gasteiger partial charge in [-0.2, -0.15) is 0 Å². The van der Waals surface area contributed by atoms with Crippen molar-refractivity contribution in [3.63, 3.8) is 0 Å². The highest BCUT2D eigenvalue weighted by Gasteiger charge is 2.85. The van der Waals surface area contributed by atoms with Crippen molar-refractivity contribution in [3.8, 4) is 0 Å². The molecule has 8 rings (SSSR count). The van der Waals surface area contributed by atoms with Gasteiger partial charge in [-0.1, -0.05) is 65.0 Å². The molecule has 2 N–H and O–H groups in total. The lowest BCUT2D eigenvalue weighted by Gasteiger charge is -2.63. The van der Waals surface area contributed by atoms with Crippen LogP contribution in [0.5, 0.6) is 0 Å². The smallest absolute Gasteiger partial charge is 0.303 e. The molecule has 3 radical (unpaired) electrons. The largest absolute Gasteiger partial charge is 0.456 e. The highest BCUT2D eigenvalue weighted by Crippen LogP contribution is 2.90. The molecular formula is C43H60NO8. The molecule has 2 spiro atoms. The number of carbonyl (C=O) groups excluding carboxylic acids is 2. The third-order valence-corrected chi connectivity index (χ3v) is 15.9. The average molecular weight is 719 g/mol. The minimum absolute atomic E-state index is 0.0587. The number of carbonyl (C=O) groups is 2. The lowest BCUT2D eigenvalue weighted by atomic mass is 9.41. The van der Waals surface area contributed by atoms with Gasteiger partial charge in [0.15, 0.2) is 6.10 Å². The average Bonchev–Trinajstić information content (AvgIpc) is 3.71. The van der Waals surface area contributed by atoms with Crippen molar-refractivity contribution in [1.29, 1.82) is 0 Å². The molecule has 9 heteroatoms. The van der Waals surface area contributed by atoms with Crippen molar-refractivity contribution in [2.45, 2.75) is 144 Å². The van der Waals surface area contributed by atoms with Gasteiger partial charge >= 0.3 is 5.97 Å². The van der Waals surface area contributed by atoms with Crippen LogP contribution in [0.1, 0.15) is 112 Å². The second-order valence-corrected chi connectivity index (χ2v) is 19.2. The van der Waals surface area contributed by atoms with Crippen molar-refractivity contribution < 1.29 is 38.7 Å². The number of aliphatic hydroxyl groups is 2. The zero-order valence-electron chi connectivity index (χ0n) is 32.5. The fourth-order valence-corrected chi connectivity index (χ4v) is 13.4. The Labute approximate surface area is 310 Å². The van der Waals surface area contributed by atoms with Crippen molar-refractivity contribution in [1.82, 2.24) is 4.90 Å². The van der Waals surface area contributed by atoms with Crippen LogP contribution in [0.4, 0.5) is 0 Å². The highest BCUT2D eigenvalue weighted by atomic mass is 16.7. The number of rotatable bonds is 7. The van der Waals surface area contributed by atoms with E-state index in [-0.39, 0.29) is 45.5 Å². The van der Waals surface area contributed by atoms with Gasteiger partial charge < -0.3 is 34.1 Å². The maximum absolute atomic E-state index is 13.6. The molecule has 285 valence electrons. The molecule has 2 saturated heterocycles. The van der Waals surface area contributed by atoms with E-state index in [2.05, 4.69) is 46.8 Å². The number of amides is 1. The summed E-state index contributed by atoms with van der Waals surface area (Å²) in [4.78, 5) is 27.6. The van der Waals surface area contributed by atoms with Crippen molar-refractivity contribution in [3.05, 3.63) is 54.0 Å². The number of nitrogens with zero attached hydrogens (tertiary/aromatic N) is 1. The lowest BCUT2D eigenvalue weighted by molar-refractivity contribution is -0.239. The summed E-state index contributed by atoms with van der Waals surface area (Å²) >= 11 is 0. The lowest BCUT2D eigenvalue weighted by Crippen LogP contribution is -2.59. The summed E-state index contributed by atoms with van der Waals surface area (Å²) in [6.45, 7) is 17.8. The normalized spacial score (nSPS) is 43.8. The molecule has 1 amide bonds. The summed E-state index contributed by atoms with van der Waals surface area (Å²) < 4.78 is 25.0. The van der Waals surface area contributed by atoms with E-state index in [0.717, 1.165) is 50.5 Å². The predicted octanol–water partition coefficient (Wildman–Crippen LogP) is 6.56. The molecule has 2 unspecified atom stereocenters. The fourth-order valence-electron chi connectivity index (χ4n) is 13.4. The van der Waals surface area contributed by atoms with E-state index in [1.165, 1.54) is 12.8 Å². The maximum Gasteiger partial charge on any atom is 0.303 e. The molecule has 52 heavy (non-hydrogen) atoms. The Morgan fingerprint density at radius 1 is 1.10 bits per heavy atom. The first kappa shape index (κ1) is 36.9. The monoisotopic (exact) mass is 718 g/mol. The second kappa shape index (κ2) is 12.2. The van der Waals surface area contributed by atoms with Crippen molar-refractivity contribution in [2.75, 3.05) is 13.2 Å². The van der Waals surface area contributed by atoms with E-state index in [0.29, 0.717) is 44.2 Å². The molecule has 0 aromatic heterocycles. The van der Waals surface area contributed by atoms with Gasteiger partial charge in [0.25, 0.3) is 5.91 Å². The molecule has 5 aliphatic carbocycles. The number of fused-ring (bicyclic) bond motifs is 4. The van der Waals surface area contributed by atoms with Gasteiger partial charge in [-0.25, -0.2) is 0 Å². The first-order valence-electron chi connectivity index (χ1n) is 19.9. The molecule has 0 bridgehead atoms. The second-order valence-electron chi connectivity index (χ2n) is 19.2. The number of hydrogen-bond donors (Lipinski definition) is 2. The molecule has 1 aromatic carbocycles. The Kier molecular flexibility index (Phi) is 8.68. The van der Waals surface area contributed by atoms with Gasteiger partial charge in [-0.3, -0.25) is 9.59 Å². The van der Waals surface area contributed by atoms with E-state index in [9.17, 15) is 19.8 Å². The number of benzene rings is 1. The molecule has 2 aliphatic heterocycles. The number of ether oxygens (including phenoxy) is 4. The van der Waals surface area contributed by atoms with Crippen molar-refractivity contribution in [2.24, 2.45) is 44.8 Å². The topological polar surface area (TPSA) is 115 Å². The standard InChI is InChI=1S/C43H60NO8/c1-25-22-28(35(39(5,6)48)50-26(2)45)51-33-32(25)40(7)18-19-43-24-42(43)17-16-31(38(3,4)29(42)14-15-30(43)41(40,8)34(33)46)52-37-36(47)44(20-21-49-37)23-27-12-10-9-11-13-27/h9-13,25,29,31-32,34-35,37,46,48H,14-24H2,1-8H3/t25-,29+,31?,32+,34+,35+,37?,40-,41-,42-,43+/m1/s1. The summed E-state index contributed by atoms with van der Waals surface area (Å²) in [5.41, 5.74) is -0.785.